The molecule has 4 heteroatoms. The maximum atomic E-state index is 10.9. The molecule has 0 saturated heterocycles. The van der Waals surface area contributed by atoms with Gasteiger partial charge in [0, 0.05) is 5.33 Å². The number of halogens is 1. The number of carbonyl (C=O) groups is 1. The fraction of sp³-hybridized carbons (Fsp3) is 0.250. The number of carbonyl (C=O) groups excluding carboxylic acids is 1. The van der Waals surface area contributed by atoms with Gasteiger partial charge in [-0.1, -0.05) is 40.2 Å². The van der Waals surface area contributed by atoms with Crippen LogP contribution in [0.5, 0.6) is 5.75 Å². The van der Waals surface area contributed by atoms with Gasteiger partial charge in [-0.15, -0.1) is 0 Å². The number of alkyl halides is 1. The molecule has 0 spiro atoms. The average Bonchev–Trinajstić information content (AvgIpc) is 2.34. The lowest BCUT2D eigenvalue weighted by Gasteiger charge is -2.05. The molecule has 16 heavy (non-hydrogen) atoms. The van der Waals surface area contributed by atoms with E-state index in [0.717, 1.165) is 10.9 Å². The van der Waals surface area contributed by atoms with Gasteiger partial charge in [-0.2, -0.15) is 0 Å². The van der Waals surface area contributed by atoms with Crippen LogP contribution in [0.3, 0.4) is 0 Å². The Bertz CT molecular complexity index is 374. The summed E-state index contributed by atoms with van der Waals surface area (Å²) in [6.07, 6.45) is 3.96. The van der Waals surface area contributed by atoms with Crippen molar-refractivity contribution in [3.63, 3.8) is 0 Å². The molecule has 0 aromatic heterocycles. The van der Waals surface area contributed by atoms with Crippen LogP contribution in [-0.4, -0.2) is 25.0 Å². The van der Waals surface area contributed by atoms with Crippen molar-refractivity contribution in [3.8, 4) is 5.75 Å². The molecular weight excluding hydrogens is 272 g/mol. The Morgan fingerprint density at radius 1 is 1.50 bits per heavy atom. The van der Waals surface area contributed by atoms with Crippen molar-refractivity contribution in [3.05, 3.63) is 35.9 Å². The summed E-state index contributed by atoms with van der Waals surface area (Å²) in [6.45, 7) is -0.0673. The van der Waals surface area contributed by atoms with Crippen LogP contribution in [0.25, 0.3) is 6.08 Å². The Balaban J connectivity index is 2.60. The average molecular weight is 285 g/mol. The maximum absolute atomic E-state index is 10.9. The summed E-state index contributed by atoms with van der Waals surface area (Å²) in [4.78, 5) is 10.9. The van der Waals surface area contributed by atoms with Crippen molar-refractivity contribution in [1.82, 2.24) is 0 Å². The third kappa shape index (κ3) is 4.49. The number of hydrogen-bond acceptors (Lipinski definition) is 3. The van der Waals surface area contributed by atoms with Gasteiger partial charge in [-0.05, 0) is 17.7 Å². The summed E-state index contributed by atoms with van der Waals surface area (Å²) < 4.78 is 9.74. The van der Waals surface area contributed by atoms with E-state index in [0.29, 0.717) is 5.75 Å². The van der Waals surface area contributed by atoms with Crippen LogP contribution in [-0.2, 0) is 9.53 Å². The van der Waals surface area contributed by atoms with Crippen LogP contribution in [0, 0.1) is 0 Å². The Morgan fingerprint density at radius 3 is 3.00 bits per heavy atom. The Labute approximate surface area is 103 Å². The topological polar surface area (TPSA) is 35.5 Å². The summed E-state index contributed by atoms with van der Waals surface area (Å²) in [5, 5.41) is 0.806. The monoisotopic (exact) mass is 284 g/mol. The van der Waals surface area contributed by atoms with Crippen molar-refractivity contribution in [2.24, 2.45) is 0 Å². The quantitative estimate of drug-likeness (QED) is 0.616. The van der Waals surface area contributed by atoms with Crippen LogP contribution in [0.15, 0.2) is 30.3 Å². The Morgan fingerprint density at radius 2 is 2.31 bits per heavy atom. The molecule has 1 rings (SSSR count). The maximum Gasteiger partial charge on any atom is 0.343 e. The second-order valence-corrected chi connectivity index (χ2v) is 3.64. The fourth-order valence-electron chi connectivity index (χ4n) is 1.09. The first-order chi connectivity index (χ1) is 7.76. The molecule has 0 radical (unpaired) electrons. The van der Waals surface area contributed by atoms with Crippen LogP contribution in [0.2, 0.25) is 0 Å². The van der Waals surface area contributed by atoms with E-state index >= 15 is 0 Å². The molecule has 1 aromatic carbocycles. The highest BCUT2D eigenvalue weighted by molar-refractivity contribution is 9.09. The Hall–Kier alpha value is -1.29. The second-order valence-electron chi connectivity index (χ2n) is 2.99. The van der Waals surface area contributed by atoms with Crippen molar-refractivity contribution in [2.75, 3.05) is 19.0 Å². The third-order valence-corrected chi connectivity index (χ3v) is 2.22. The third-order valence-electron chi connectivity index (χ3n) is 1.84. The number of esters is 1. The summed E-state index contributed by atoms with van der Waals surface area (Å²) in [5.74, 6) is 0.267. The van der Waals surface area contributed by atoms with Crippen molar-refractivity contribution in [1.29, 1.82) is 0 Å². The molecule has 0 unspecified atom stereocenters. The first-order valence-corrected chi connectivity index (χ1v) is 5.90. The van der Waals surface area contributed by atoms with E-state index in [1.54, 1.807) is 6.07 Å². The largest absolute Gasteiger partial charge is 0.482 e. The number of ether oxygens (including phenoxy) is 2. The molecule has 0 atom stereocenters. The van der Waals surface area contributed by atoms with E-state index in [9.17, 15) is 4.79 Å². The van der Waals surface area contributed by atoms with Crippen molar-refractivity contribution < 1.29 is 14.3 Å². The first-order valence-electron chi connectivity index (χ1n) is 4.78. The van der Waals surface area contributed by atoms with E-state index < -0.39 is 0 Å². The standard InChI is InChI=1S/C12H13BrO3/c1-15-12(14)9-16-11-6-2-4-10(8-11)5-3-7-13/h2-6,8H,7,9H2,1H3/b5-3+. The highest BCUT2D eigenvalue weighted by Crippen LogP contribution is 2.14. The molecular formula is C12H13BrO3. The van der Waals surface area contributed by atoms with Gasteiger partial charge in [-0.25, -0.2) is 4.79 Å². The molecule has 0 N–H and O–H groups in total. The second kappa shape index (κ2) is 7.06. The van der Waals surface area contributed by atoms with Crippen LogP contribution in [0.4, 0.5) is 0 Å². The molecule has 3 nitrogen and oxygen atoms in total. The molecule has 1 aromatic rings. The zero-order valence-electron chi connectivity index (χ0n) is 8.98. The zero-order chi connectivity index (χ0) is 11.8. The summed E-state index contributed by atoms with van der Waals surface area (Å²) >= 11 is 3.31. The fourth-order valence-corrected chi connectivity index (χ4v) is 1.28. The van der Waals surface area contributed by atoms with Gasteiger partial charge in [0.25, 0.3) is 0 Å². The zero-order valence-corrected chi connectivity index (χ0v) is 10.6. The summed E-state index contributed by atoms with van der Waals surface area (Å²) in [7, 11) is 1.33. The van der Waals surface area contributed by atoms with Gasteiger partial charge < -0.3 is 9.47 Å². The summed E-state index contributed by atoms with van der Waals surface area (Å²) in [5.41, 5.74) is 1.03. The van der Waals surface area contributed by atoms with E-state index in [1.807, 2.05) is 30.4 Å². The number of methoxy groups -OCH3 is 1. The van der Waals surface area contributed by atoms with Gasteiger partial charge in [0.05, 0.1) is 7.11 Å². The molecule has 0 saturated carbocycles. The number of rotatable bonds is 5. The van der Waals surface area contributed by atoms with E-state index in [4.69, 9.17) is 4.74 Å². The highest BCUT2D eigenvalue weighted by atomic mass is 79.9. The minimum atomic E-state index is -0.388. The summed E-state index contributed by atoms with van der Waals surface area (Å²) in [6, 6.07) is 7.50. The van der Waals surface area contributed by atoms with Crippen LogP contribution < -0.4 is 4.74 Å². The van der Waals surface area contributed by atoms with E-state index in [-0.39, 0.29) is 12.6 Å². The molecule has 0 aliphatic rings. The van der Waals surface area contributed by atoms with Gasteiger partial charge in [0.1, 0.15) is 5.75 Å². The minimum absolute atomic E-state index is 0.0673. The van der Waals surface area contributed by atoms with Gasteiger partial charge in [0.15, 0.2) is 6.61 Å². The number of benzene rings is 1. The van der Waals surface area contributed by atoms with Crippen molar-refractivity contribution in [2.45, 2.75) is 0 Å². The smallest absolute Gasteiger partial charge is 0.343 e. The molecule has 0 aliphatic heterocycles. The normalized spacial score (nSPS) is 10.4. The van der Waals surface area contributed by atoms with Crippen LogP contribution in [0.1, 0.15) is 5.56 Å². The SMILES string of the molecule is COC(=O)COc1cccc(/C=C/CBr)c1. The minimum Gasteiger partial charge on any atom is -0.482 e. The molecule has 0 amide bonds. The lowest BCUT2D eigenvalue weighted by atomic mass is 10.2. The number of hydrogen-bond donors (Lipinski definition) is 0. The lowest BCUT2D eigenvalue weighted by molar-refractivity contribution is -0.142. The van der Waals surface area contributed by atoms with Crippen LogP contribution >= 0.6 is 15.9 Å². The van der Waals surface area contributed by atoms with Gasteiger partial charge in [0.2, 0.25) is 0 Å². The molecule has 0 fully saturated rings. The first kappa shape index (κ1) is 12.8. The molecule has 0 aliphatic carbocycles. The molecule has 86 valence electrons. The van der Waals surface area contributed by atoms with Crippen molar-refractivity contribution >= 4 is 28.0 Å². The molecule has 0 heterocycles. The number of allylic oxidation sites excluding steroid dienone is 1. The van der Waals surface area contributed by atoms with Gasteiger partial charge in [-0.3, -0.25) is 0 Å². The van der Waals surface area contributed by atoms with E-state index in [2.05, 4.69) is 20.7 Å². The predicted octanol–water partition coefficient (Wildman–Crippen LogP) is 2.65. The van der Waals surface area contributed by atoms with E-state index in [1.165, 1.54) is 7.11 Å². The highest BCUT2D eigenvalue weighted by Gasteiger charge is 2.01. The van der Waals surface area contributed by atoms with Gasteiger partial charge >= 0.3 is 5.97 Å². The lowest BCUT2D eigenvalue weighted by Crippen LogP contribution is -2.12. The Kier molecular flexibility index (Phi) is 5.64. The predicted molar refractivity (Wildman–Crippen MR) is 66.8 cm³/mol. The molecule has 0 bridgehead atoms.